The van der Waals surface area contributed by atoms with Gasteiger partial charge in [-0.15, -0.1) is 0 Å². The molecule has 1 nitrogen and oxygen atoms in total. The normalized spacial score (nSPS) is 19.9. The molecule has 0 aromatic heterocycles. The zero-order chi connectivity index (χ0) is 16.5. The molecule has 0 N–H and O–H groups in total. The molecule has 0 aliphatic heterocycles. The smallest absolute Gasteiger partial charge is 0.239 e. The molecule has 0 saturated heterocycles. The van der Waals surface area contributed by atoms with Crippen molar-refractivity contribution in [2.24, 2.45) is 10.9 Å². The Kier molecular flexibility index (Phi) is 7.72. The van der Waals surface area contributed by atoms with Crippen LogP contribution in [0.2, 0.25) is 0 Å². The van der Waals surface area contributed by atoms with Crippen molar-refractivity contribution >= 4 is 5.71 Å². The van der Waals surface area contributed by atoms with Gasteiger partial charge < -0.3 is 0 Å². The van der Waals surface area contributed by atoms with Crippen LogP contribution in [0, 0.1) is 5.92 Å². The Morgan fingerprint density at radius 3 is 2.68 bits per heavy atom. The second-order valence-corrected chi connectivity index (χ2v) is 5.54. The second kappa shape index (κ2) is 9.29. The first-order valence-electron chi connectivity index (χ1n) is 7.61. The summed E-state index contributed by atoms with van der Waals surface area (Å²) < 4.78 is 24.8. The minimum atomic E-state index is -2.23. The van der Waals surface area contributed by atoms with Crippen LogP contribution in [0.15, 0.2) is 64.9 Å². The summed E-state index contributed by atoms with van der Waals surface area (Å²) >= 11 is 0. The highest BCUT2D eigenvalue weighted by atomic mass is 19.3. The SMILES string of the molecule is C=C(C)/C(C)=N\C=C/C/C(=C\C)C1=CCC(CC(F)F)C=C1. The molecule has 0 aromatic rings. The topological polar surface area (TPSA) is 12.4 Å². The van der Waals surface area contributed by atoms with E-state index in [1.54, 1.807) is 6.20 Å². The fourth-order valence-corrected chi connectivity index (χ4v) is 2.16. The van der Waals surface area contributed by atoms with Gasteiger partial charge >= 0.3 is 0 Å². The fourth-order valence-electron chi connectivity index (χ4n) is 2.16. The summed E-state index contributed by atoms with van der Waals surface area (Å²) in [5, 5.41) is 0. The van der Waals surface area contributed by atoms with Gasteiger partial charge in [-0.3, -0.25) is 4.99 Å². The van der Waals surface area contributed by atoms with Crippen molar-refractivity contribution < 1.29 is 8.78 Å². The van der Waals surface area contributed by atoms with Gasteiger partial charge in [0.05, 0.1) is 0 Å². The Balaban J connectivity index is 2.59. The molecule has 0 amide bonds. The summed E-state index contributed by atoms with van der Waals surface area (Å²) in [5.41, 5.74) is 4.19. The van der Waals surface area contributed by atoms with Crippen LogP contribution in [0.5, 0.6) is 0 Å². The van der Waals surface area contributed by atoms with Crippen molar-refractivity contribution in [3.63, 3.8) is 0 Å². The quantitative estimate of drug-likeness (QED) is 0.509. The number of aliphatic imine (C=N–C) groups is 1. The van der Waals surface area contributed by atoms with Crippen LogP contribution < -0.4 is 0 Å². The van der Waals surface area contributed by atoms with Crippen LogP contribution in [0.1, 0.15) is 40.0 Å². The molecule has 0 aromatic carbocycles. The van der Waals surface area contributed by atoms with Crippen molar-refractivity contribution in [3.05, 3.63) is 59.9 Å². The van der Waals surface area contributed by atoms with Crippen molar-refractivity contribution in [2.75, 3.05) is 0 Å². The van der Waals surface area contributed by atoms with E-state index < -0.39 is 6.43 Å². The van der Waals surface area contributed by atoms with Crippen LogP contribution in [0.4, 0.5) is 8.78 Å². The van der Waals surface area contributed by atoms with Crippen molar-refractivity contribution in [1.29, 1.82) is 0 Å². The van der Waals surface area contributed by atoms with Gasteiger partial charge in [-0.25, -0.2) is 8.78 Å². The zero-order valence-corrected chi connectivity index (χ0v) is 13.7. The van der Waals surface area contributed by atoms with E-state index in [0.29, 0.717) is 6.42 Å². The van der Waals surface area contributed by atoms with Crippen LogP contribution in [-0.2, 0) is 0 Å². The van der Waals surface area contributed by atoms with Gasteiger partial charge in [-0.05, 0) is 56.3 Å². The lowest BCUT2D eigenvalue weighted by atomic mass is 9.90. The number of nitrogens with zero attached hydrogens (tertiary/aromatic N) is 1. The first kappa shape index (κ1) is 18.3. The standard InChI is InChI=1S/C19H25F2N/c1-5-17(7-6-12-22-15(4)14(2)3)18-10-8-16(9-11-18)13-19(20)21/h5-6,8,10-12,16,19H,2,7,9,13H2,1,3-4H3/b12-6-,17-5+,22-15-. The predicted molar refractivity (Wildman–Crippen MR) is 91.4 cm³/mol. The first-order valence-corrected chi connectivity index (χ1v) is 7.61. The average molecular weight is 305 g/mol. The summed E-state index contributed by atoms with van der Waals surface area (Å²) in [4.78, 5) is 4.31. The number of hydrogen-bond donors (Lipinski definition) is 0. The third-order valence-corrected chi connectivity index (χ3v) is 3.72. The Morgan fingerprint density at radius 2 is 2.18 bits per heavy atom. The van der Waals surface area contributed by atoms with Crippen molar-refractivity contribution in [1.82, 2.24) is 0 Å². The summed E-state index contributed by atoms with van der Waals surface area (Å²) in [5.74, 6) is -0.0415. The predicted octanol–water partition coefficient (Wildman–Crippen LogP) is 6.03. The fraction of sp³-hybridized carbons (Fsp3) is 0.421. The molecule has 1 atom stereocenters. The van der Waals surface area contributed by atoms with Gasteiger partial charge in [0, 0.05) is 18.3 Å². The van der Waals surface area contributed by atoms with Gasteiger partial charge in [0.2, 0.25) is 6.43 Å². The molecule has 0 fully saturated rings. The number of rotatable bonds is 7. The molecular weight excluding hydrogens is 280 g/mol. The molecule has 22 heavy (non-hydrogen) atoms. The molecule has 1 aliphatic rings. The largest absolute Gasteiger partial charge is 0.262 e. The van der Waals surface area contributed by atoms with Crippen LogP contribution >= 0.6 is 0 Å². The van der Waals surface area contributed by atoms with Crippen molar-refractivity contribution in [2.45, 2.75) is 46.5 Å². The number of hydrogen-bond acceptors (Lipinski definition) is 1. The summed E-state index contributed by atoms with van der Waals surface area (Å²) in [6.07, 6.45) is 10.9. The molecular formula is C19H25F2N. The number of halogens is 2. The van der Waals surface area contributed by atoms with Gasteiger partial charge in [0.25, 0.3) is 0 Å². The van der Waals surface area contributed by atoms with E-state index in [4.69, 9.17) is 0 Å². The molecule has 0 heterocycles. The zero-order valence-electron chi connectivity index (χ0n) is 13.7. The summed E-state index contributed by atoms with van der Waals surface area (Å²) in [6.45, 7) is 9.69. The molecule has 1 aliphatic carbocycles. The number of alkyl halides is 2. The van der Waals surface area contributed by atoms with Gasteiger partial charge in [-0.1, -0.05) is 37.0 Å². The molecule has 0 saturated carbocycles. The molecule has 0 spiro atoms. The maximum Gasteiger partial charge on any atom is 0.239 e. The monoisotopic (exact) mass is 305 g/mol. The van der Waals surface area contributed by atoms with Gasteiger partial charge in [0.1, 0.15) is 0 Å². The maximum atomic E-state index is 12.4. The maximum absolute atomic E-state index is 12.4. The van der Waals surface area contributed by atoms with Gasteiger partial charge in [-0.2, -0.15) is 0 Å². The third kappa shape index (κ3) is 6.33. The first-order chi connectivity index (χ1) is 10.4. The van der Waals surface area contributed by atoms with E-state index in [1.165, 1.54) is 5.57 Å². The molecule has 0 bridgehead atoms. The van der Waals surface area contributed by atoms with E-state index >= 15 is 0 Å². The highest BCUT2D eigenvalue weighted by molar-refractivity contribution is 5.97. The lowest BCUT2D eigenvalue weighted by molar-refractivity contribution is 0.123. The van der Waals surface area contributed by atoms with Gasteiger partial charge in [0.15, 0.2) is 0 Å². The highest BCUT2D eigenvalue weighted by Gasteiger charge is 2.15. The summed E-state index contributed by atoms with van der Waals surface area (Å²) in [6, 6.07) is 0. The highest BCUT2D eigenvalue weighted by Crippen LogP contribution is 2.27. The van der Waals surface area contributed by atoms with Crippen LogP contribution in [0.25, 0.3) is 0 Å². The molecule has 0 radical (unpaired) electrons. The average Bonchev–Trinajstić information content (AvgIpc) is 2.47. The van der Waals surface area contributed by atoms with E-state index in [-0.39, 0.29) is 12.3 Å². The minimum absolute atomic E-state index is 0.0415. The van der Waals surface area contributed by atoms with Crippen molar-refractivity contribution in [3.8, 4) is 0 Å². The van der Waals surface area contributed by atoms with Crippen LogP contribution in [0.3, 0.4) is 0 Å². The Bertz CT molecular complexity index is 534. The minimum Gasteiger partial charge on any atom is -0.262 e. The molecule has 1 unspecified atom stereocenters. The molecule has 3 heteroatoms. The van der Waals surface area contributed by atoms with Crippen LogP contribution in [-0.4, -0.2) is 12.1 Å². The van der Waals surface area contributed by atoms with E-state index in [9.17, 15) is 8.78 Å². The number of allylic oxidation sites excluding steroid dienone is 8. The van der Waals surface area contributed by atoms with E-state index in [2.05, 4.69) is 23.7 Å². The third-order valence-electron chi connectivity index (χ3n) is 3.72. The Morgan fingerprint density at radius 1 is 1.45 bits per heavy atom. The second-order valence-electron chi connectivity index (χ2n) is 5.54. The molecule has 120 valence electrons. The lowest BCUT2D eigenvalue weighted by Crippen LogP contribution is -2.06. The molecule has 1 rings (SSSR count). The van der Waals surface area contributed by atoms with E-state index in [1.807, 2.05) is 39.0 Å². The Hall–Kier alpha value is -1.77. The summed E-state index contributed by atoms with van der Waals surface area (Å²) in [7, 11) is 0. The lowest BCUT2D eigenvalue weighted by Gasteiger charge is -2.17. The van der Waals surface area contributed by atoms with E-state index in [0.717, 1.165) is 23.3 Å². The Labute approximate surface area is 132 Å².